The molecule has 2 rings (SSSR count). The highest BCUT2D eigenvalue weighted by Gasteiger charge is 2.25. The first kappa shape index (κ1) is 29.2. The number of aliphatic imine (C=N–C) groups is 1. The predicted molar refractivity (Wildman–Crippen MR) is 140 cm³/mol. The van der Waals surface area contributed by atoms with E-state index in [2.05, 4.69) is 44.4 Å². The summed E-state index contributed by atoms with van der Waals surface area (Å²) in [5, 5.41) is 6.35. The van der Waals surface area contributed by atoms with Crippen LogP contribution in [0.25, 0.3) is 0 Å². The molecule has 2 N–H and O–H groups in total. The molecule has 2 heterocycles. The molecule has 10 heteroatoms. The lowest BCUT2D eigenvalue weighted by molar-refractivity contribution is 0.0169. The van der Waals surface area contributed by atoms with Crippen molar-refractivity contribution in [3.63, 3.8) is 0 Å². The minimum atomic E-state index is -0.466. The first-order chi connectivity index (χ1) is 14.7. The fraction of sp³-hybridized carbons (Fsp3) is 0.909. The Balaban J connectivity index is 0.00000512. The average molecular weight is 569 g/mol. The molecular formula is C22H45IN6O3. The van der Waals surface area contributed by atoms with Gasteiger partial charge in [0.15, 0.2) is 5.96 Å². The lowest BCUT2D eigenvalue weighted by Gasteiger charge is -2.39. The van der Waals surface area contributed by atoms with Crippen LogP contribution in [0.5, 0.6) is 0 Å². The highest BCUT2D eigenvalue weighted by molar-refractivity contribution is 14.0. The second-order valence-electron chi connectivity index (χ2n) is 9.66. The summed E-state index contributed by atoms with van der Waals surface area (Å²) >= 11 is 0. The molecule has 0 bridgehead atoms. The number of alkyl carbamates (subject to hydrolysis) is 1. The SMILES string of the molecule is CN=C(NCC1CN(C)CCN1C)N1CCC(OCCCNC(=O)OC(C)(C)C)CC1.I. The number of amides is 1. The molecule has 0 aromatic heterocycles. The molecule has 188 valence electrons. The normalized spacial score (nSPS) is 21.8. The standard InChI is InChI=1S/C22H44N6O3.HI/c1-22(2,3)31-21(29)24-10-7-15-30-19-8-11-28(12-9-19)20(23-4)25-16-18-17-26(5)13-14-27(18)6;/h18-19H,7-17H2,1-6H3,(H,23,25)(H,24,29);1H. The summed E-state index contributed by atoms with van der Waals surface area (Å²) < 4.78 is 11.2. The second kappa shape index (κ2) is 14.4. The van der Waals surface area contributed by atoms with Gasteiger partial charge in [-0.3, -0.25) is 9.89 Å². The van der Waals surface area contributed by atoms with E-state index in [1.54, 1.807) is 0 Å². The van der Waals surface area contributed by atoms with E-state index in [1.807, 2.05) is 27.8 Å². The molecule has 2 saturated heterocycles. The molecule has 9 nitrogen and oxygen atoms in total. The number of carbonyl (C=O) groups is 1. The van der Waals surface area contributed by atoms with E-state index in [0.29, 0.717) is 19.2 Å². The molecule has 0 aromatic rings. The van der Waals surface area contributed by atoms with Crippen LogP contribution < -0.4 is 10.6 Å². The van der Waals surface area contributed by atoms with Crippen molar-refractivity contribution in [1.82, 2.24) is 25.3 Å². The van der Waals surface area contributed by atoms with Crippen molar-refractivity contribution in [2.45, 2.75) is 57.8 Å². The van der Waals surface area contributed by atoms with Crippen molar-refractivity contribution in [1.29, 1.82) is 0 Å². The molecule has 1 unspecified atom stereocenters. The third-order valence-electron chi connectivity index (χ3n) is 5.77. The number of ether oxygens (including phenoxy) is 2. The summed E-state index contributed by atoms with van der Waals surface area (Å²) in [5.74, 6) is 0.988. The monoisotopic (exact) mass is 568 g/mol. The number of guanidine groups is 1. The molecule has 2 fully saturated rings. The summed E-state index contributed by atoms with van der Waals surface area (Å²) in [7, 11) is 6.25. The smallest absolute Gasteiger partial charge is 0.407 e. The number of likely N-dealkylation sites (N-methyl/N-ethyl adjacent to an activating group) is 2. The molecule has 0 radical (unpaired) electrons. The number of halogens is 1. The van der Waals surface area contributed by atoms with Gasteiger partial charge in [0.25, 0.3) is 0 Å². The van der Waals surface area contributed by atoms with E-state index >= 15 is 0 Å². The van der Waals surface area contributed by atoms with Gasteiger partial charge in [-0.05, 0) is 54.1 Å². The van der Waals surface area contributed by atoms with E-state index in [-0.39, 0.29) is 36.2 Å². The van der Waals surface area contributed by atoms with E-state index in [1.165, 1.54) is 0 Å². The van der Waals surface area contributed by atoms with Crippen LogP contribution in [0.3, 0.4) is 0 Å². The van der Waals surface area contributed by atoms with Crippen LogP contribution in [0.15, 0.2) is 4.99 Å². The second-order valence-corrected chi connectivity index (χ2v) is 9.66. The molecule has 0 spiro atoms. The van der Waals surface area contributed by atoms with Crippen molar-refractivity contribution < 1.29 is 14.3 Å². The Morgan fingerprint density at radius 1 is 1.09 bits per heavy atom. The van der Waals surface area contributed by atoms with Gasteiger partial charge in [0, 0.05) is 65.5 Å². The van der Waals surface area contributed by atoms with Gasteiger partial charge in [-0.1, -0.05) is 0 Å². The van der Waals surface area contributed by atoms with E-state index in [0.717, 1.165) is 64.5 Å². The van der Waals surface area contributed by atoms with Gasteiger partial charge in [0.2, 0.25) is 0 Å². The zero-order valence-electron chi connectivity index (χ0n) is 20.9. The maximum absolute atomic E-state index is 11.6. The summed E-state index contributed by atoms with van der Waals surface area (Å²) in [6.07, 6.45) is 2.67. The number of rotatable bonds is 7. The Morgan fingerprint density at radius 3 is 2.41 bits per heavy atom. The van der Waals surface area contributed by atoms with Crippen LogP contribution in [-0.2, 0) is 9.47 Å². The third-order valence-corrected chi connectivity index (χ3v) is 5.77. The first-order valence-electron chi connectivity index (χ1n) is 11.6. The van der Waals surface area contributed by atoms with Crippen LogP contribution in [0, 0.1) is 0 Å². The summed E-state index contributed by atoms with van der Waals surface area (Å²) in [6, 6.07) is 0.505. The minimum Gasteiger partial charge on any atom is -0.444 e. The zero-order chi connectivity index (χ0) is 22.9. The largest absolute Gasteiger partial charge is 0.444 e. The van der Waals surface area contributed by atoms with Crippen LogP contribution >= 0.6 is 24.0 Å². The topological polar surface area (TPSA) is 81.7 Å². The fourth-order valence-corrected chi connectivity index (χ4v) is 3.92. The molecule has 1 atom stereocenters. The van der Waals surface area contributed by atoms with Crippen molar-refractivity contribution in [2.24, 2.45) is 4.99 Å². The maximum Gasteiger partial charge on any atom is 0.407 e. The van der Waals surface area contributed by atoms with Crippen molar-refractivity contribution in [2.75, 3.05) is 73.6 Å². The van der Waals surface area contributed by atoms with Gasteiger partial charge in [-0.2, -0.15) is 0 Å². The Bertz CT molecular complexity index is 579. The number of piperidine rings is 1. The van der Waals surface area contributed by atoms with Gasteiger partial charge in [0.1, 0.15) is 5.60 Å². The number of carbonyl (C=O) groups excluding carboxylic acids is 1. The quantitative estimate of drug-likeness (QED) is 0.210. The van der Waals surface area contributed by atoms with E-state index in [4.69, 9.17) is 9.47 Å². The number of likely N-dealkylation sites (tertiary alicyclic amines) is 1. The minimum absolute atomic E-state index is 0. The Morgan fingerprint density at radius 2 is 1.78 bits per heavy atom. The molecular weight excluding hydrogens is 523 g/mol. The maximum atomic E-state index is 11.6. The molecule has 1 amide bonds. The number of nitrogens with one attached hydrogen (secondary N) is 2. The molecule has 2 aliphatic heterocycles. The third kappa shape index (κ3) is 10.8. The molecule has 2 aliphatic rings. The van der Waals surface area contributed by atoms with Crippen molar-refractivity contribution >= 4 is 36.0 Å². The molecule has 0 aliphatic carbocycles. The van der Waals surface area contributed by atoms with E-state index in [9.17, 15) is 4.79 Å². The predicted octanol–water partition coefficient (Wildman–Crippen LogP) is 1.82. The van der Waals surface area contributed by atoms with Gasteiger partial charge in [-0.25, -0.2) is 4.79 Å². The lowest BCUT2D eigenvalue weighted by Crippen LogP contribution is -2.56. The molecule has 32 heavy (non-hydrogen) atoms. The first-order valence-corrected chi connectivity index (χ1v) is 11.6. The Kier molecular flexibility index (Phi) is 13.2. The highest BCUT2D eigenvalue weighted by Crippen LogP contribution is 2.14. The Labute approximate surface area is 211 Å². The highest BCUT2D eigenvalue weighted by atomic mass is 127. The Hall–Kier alpha value is -0.850. The van der Waals surface area contributed by atoms with Gasteiger partial charge >= 0.3 is 6.09 Å². The van der Waals surface area contributed by atoms with Crippen LogP contribution in [0.1, 0.15) is 40.0 Å². The number of hydrogen-bond acceptors (Lipinski definition) is 6. The lowest BCUT2D eigenvalue weighted by atomic mass is 10.1. The van der Waals surface area contributed by atoms with Crippen molar-refractivity contribution in [3.05, 3.63) is 0 Å². The molecule has 0 aromatic carbocycles. The van der Waals surface area contributed by atoms with Gasteiger partial charge in [-0.15, -0.1) is 24.0 Å². The summed E-state index contributed by atoms with van der Waals surface area (Å²) in [6.45, 7) is 12.9. The number of hydrogen-bond donors (Lipinski definition) is 2. The van der Waals surface area contributed by atoms with Crippen LogP contribution in [0.4, 0.5) is 4.79 Å². The number of nitrogens with zero attached hydrogens (tertiary/aromatic N) is 4. The van der Waals surface area contributed by atoms with Gasteiger partial charge in [0.05, 0.1) is 6.10 Å². The van der Waals surface area contributed by atoms with Gasteiger partial charge < -0.3 is 29.9 Å². The fourth-order valence-electron chi connectivity index (χ4n) is 3.92. The summed E-state index contributed by atoms with van der Waals surface area (Å²) in [4.78, 5) is 23.3. The zero-order valence-corrected chi connectivity index (χ0v) is 23.2. The average Bonchev–Trinajstić information content (AvgIpc) is 2.70. The van der Waals surface area contributed by atoms with Crippen molar-refractivity contribution in [3.8, 4) is 0 Å². The summed E-state index contributed by atoms with van der Waals surface area (Å²) in [5.41, 5.74) is -0.466. The number of piperazine rings is 1. The molecule has 0 saturated carbocycles. The van der Waals surface area contributed by atoms with E-state index < -0.39 is 5.60 Å². The van der Waals surface area contributed by atoms with Crippen LogP contribution in [0.2, 0.25) is 0 Å². The van der Waals surface area contributed by atoms with Crippen LogP contribution in [-0.4, -0.2) is 118 Å².